The van der Waals surface area contributed by atoms with Crippen LogP contribution in [0, 0.1) is 0 Å². The summed E-state index contributed by atoms with van der Waals surface area (Å²) in [6.45, 7) is 8.73. The van der Waals surface area contributed by atoms with Gasteiger partial charge in [-0.2, -0.15) is 0 Å². The van der Waals surface area contributed by atoms with E-state index in [1.807, 2.05) is 13.8 Å². The van der Waals surface area contributed by atoms with Crippen LogP contribution in [-0.2, 0) is 9.53 Å². The lowest BCUT2D eigenvalue weighted by molar-refractivity contribution is -0.148. The molecule has 1 saturated heterocycles. The van der Waals surface area contributed by atoms with Gasteiger partial charge in [-0.05, 0) is 46.5 Å². The first-order valence-corrected chi connectivity index (χ1v) is 7.80. The number of nitrogens with one attached hydrogen (secondary N) is 1. The molecule has 3 unspecified atom stereocenters. The number of nitrogens with zero attached hydrogens (tertiary/aromatic N) is 1. The lowest BCUT2D eigenvalue weighted by Crippen LogP contribution is -2.61. The van der Waals surface area contributed by atoms with E-state index >= 15 is 0 Å². The highest BCUT2D eigenvalue weighted by atomic mass is 16.5. The molecule has 116 valence electrons. The van der Waals surface area contributed by atoms with Crippen LogP contribution in [0.5, 0.6) is 0 Å². The van der Waals surface area contributed by atoms with Crippen molar-refractivity contribution in [2.45, 2.75) is 70.2 Å². The molecule has 0 aromatic rings. The van der Waals surface area contributed by atoms with Gasteiger partial charge in [-0.3, -0.25) is 15.0 Å². The average molecular weight is 284 g/mol. The van der Waals surface area contributed by atoms with Crippen LogP contribution >= 0.6 is 0 Å². The van der Waals surface area contributed by atoms with Crippen LogP contribution < -0.4 is 5.32 Å². The lowest BCUT2D eigenvalue weighted by atomic mass is 9.77. The fourth-order valence-corrected chi connectivity index (χ4v) is 3.67. The van der Waals surface area contributed by atoms with Gasteiger partial charge in [-0.1, -0.05) is 0 Å². The molecule has 1 heterocycles. The molecule has 2 fully saturated rings. The maximum absolute atomic E-state index is 11.8. The van der Waals surface area contributed by atoms with Crippen molar-refractivity contribution in [3.05, 3.63) is 0 Å². The highest BCUT2D eigenvalue weighted by Crippen LogP contribution is 2.33. The summed E-state index contributed by atoms with van der Waals surface area (Å²) in [5.74, 6) is -0.697. The SMILES string of the molecule is CC(C)NC1(C(=O)O)CCCC(N2CCOC(C)C2)C1. The van der Waals surface area contributed by atoms with E-state index in [0.717, 1.165) is 39.0 Å². The van der Waals surface area contributed by atoms with Crippen LogP contribution in [0.1, 0.15) is 46.5 Å². The molecule has 5 nitrogen and oxygen atoms in total. The highest BCUT2D eigenvalue weighted by Gasteiger charge is 2.44. The first kappa shape index (κ1) is 15.7. The van der Waals surface area contributed by atoms with Crippen molar-refractivity contribution in [1.82, 2.24) is 10.2 Å². The predicted octanol–water partition coefficient (Wildman–Crippen LogP) is 1.47. The molecular weight excluding hydrogens is 256 g/mol. The quantitative estimate of drug-likeness (QED) is 0.818. The summed E-state index contributed by atoms with van der Waals surface area (Å²) in [5.41, 5.74) is -0.751. The molecule has 0 radical (unpaired) electrons. The standard InChI is InChI=1S/C15H28N2O3/c1-11(2)16-15(14(18)19)6-4-5-13(9-15)17-7-8-20-12(3)10-17/h11-13,16H,4-10H2,1-3H3,(H,18,19). The molecule has 0 spiro atoms. The molecule has 0 bridgehead atoms. The molecule has 5 heteroatoms. The van der Waals surface area contributed by atoms with E-state index in [1.54, 1.807) is 0 Å². The van der Waals surface area contributed by atoms with E-state index in [1.165, 1.54) is 0 Å². The van der Waals surface area contributed by atoms with Crippen LogP contribution in [0.3, 0.4) is 0 Å². The largest absolute Gasteiger partial charge is 0.480 e. The van der Waals surface area contributed by atoms with Crippen molar-refractivity contribution >= 4 is 5.97 Å². The molecule has 1 aliphatic carbocycles. The molecule has 3 atom stereocenters. The normalized spacial score (nSPS) is 36.2. The zero-order chi connectivity index (χ0) is 14.8. The molecule has 1 aliphatic heterocycles. The van der Waals surface area contributed by atoms with Crippen LogP contribution in [0.15, 0.2) is 0 Å². The van der Waals surface area contributed by atoms with Crippen LogP contribution in [0.2, 0.25) is 0 Å². The number of aliphatic carboxylic acids is 1. The fraction of sp³-hybridized carbons (Fsp3) is 0.933. The summed E-state index contributed by atoms with van der Waals surface area (Å²) in [5, 5.41) is 13.0. The number of carboxylic acids is 1. The van der Waals surface area contributed by atoms with Crippen molar-refractivity contribution in [1.29, 1.82) is 0 Å². The number of carbonyl (C=O) groups is 1. The Labute approximate surface area is 121 Å². The van der Waals surface area contributed by atoms with Gasteiger partial charge in [0, 0.05) is 25.2 Å². The minimum absolute atomic E-state index is 0.188. The Morgan fingerprint density at radius 2 is 2.25 bits per heavy atom. The van der Waals surface area contributed by atoms with Crippen molar-refractivity contribution in [3.63, 3.8) is 0 Å². The number of ether oxygens (including phenoxy) is 1. The number of hydrogen-bond acceptors (Lipinski definition) is 4. The van der Waals surface area contributed by atoms with E-state index in [4.69, 9.17) is 4.74 Å². The highest BCUT2D eigenvalue weighted by molar-refractivity contribution is 5.79. The molecule has 0 aromatic carbocycles. The molecule has 1 saturated carbocycles. The van der Waals surface area contributed by atoms with Gasteiger partial charge >= 0.3 is 5.97 Å². The van der Waals surface area contributed by atoms with Crippen LogP contribution in [0.25, 0.3) is 0 Å². The zero-order valence-electron chi connectivity index (χ0n) is 12.9. The van der Waals surface area contributed by atoms with E-state index in [-0.39, 0.29) is 12.1 Å². The molecule has 2 aliphatic rings. The molecule has 2 N–H and O–H groups in total. The van der Waals surface area contributed by atoms with Gasteiger partial charge in [0.25, 0.3) is 0 Å². The first-order chi connectivity index (χ1) is 9.43. The maximum atomic E-state index is 11.8. The predicted molar refractivity (Wildman–Crippen MR) is 77.9 cm³/mol. The Kier molecular flexibility index (Phi) is 5.04. The smallest absolute Gasteiger partial charge is 0.323 e. The van der Waals surface area contributed by atoms with E-state index in [0.29, 0.717) is 12.5 Å². The second kappa shape index (κ2) is 6.41. The third kappa shape index (κ3) is 3.51. The summed E-state index contributed by atoms with van der Waals surface area (Å²) < 4.78 is 5.59. The van der Waals surface area contributed by atoms with Crippen molar-refractivity contribution in [3.8, 4) is 0 Å². The Hall–Kier alpha value is -0.650. The van der Waals surface area contributed by atoms with Crippen molar-refractivity contribution in [2.24, 2.45) is 0 Å². The van der Waals surface area contributed by atoms with Crippen LogP contribution in [0.4, 0.5) is 0 Å². The average Bonchev–Trinajstić information content (AvgIpc) is 2.38. The zero-order valence-corrected chi connectivity index (χ0v) is 12.9. The fourth-order valence-electron chi connectivity index (χ4n) is 3.67. The minimum atomic E-state index is -0.751. The van der Waals surface area contributed by atoms with E-state index < -0.39 is 11.5 Å². The van der Waals surface area contributed by atoms with E-state index in [2.05, 4.69) is 17.1 Å². The van der Waals surface area contributed by atoms with Gasteiger partial charge in [0.2, 0.25) is 0 Å². The maximum Gasteiger partial charge on any atom is 0.323 e. The second-order valence-corrected chi connectivity index (χ2v) is 6.61. The number of carboxylic acid groups (broad SMARTS) is 1. The molecule has 2 rings (SSSR count). The van der Waals surface area contributed by atoms with Gasteiger partial charge < -0.3 is 9.84 Å². The topological polar surface area (TPSA) is 61.8 Å². The number of hydrogen-bond donors (Lipinski definition) is 2. The van der Waals surface area contributed by atoms with Gasteiger partial charge in [0.1, 0.15) is 5.54 Å². The molecule has 0 aromatic heterocycles. The Morgan fingerprint density at radius 1 is 1.50 bits per heavy atom. The van der Waals surface area contributed by atoms with Gasteiger partial charge in [0.05, 0.1) is 12.7 Å². The summed E-state index contributed by atoms with van der Waals surface area (Å²) in [6.07, 6.45) is 3.76. The summed E-state index contributed by atoms with van der Waals surface area (Å²) in [6, 6.07) is 0.547. The molecular formula is C15H28N2O3. The Balaban J connectivity index is 2.07. The second-order valence-electron chi connectivity index (χ2n) is 6.61. The van der Waals surface area contributed by atoms with Crippen LogP contribution in [-0.4, -0.2) is 59.4 Å². The Morgan fingerprint density at radius 3 is 2.85 bits per heavy atom. The number of morpholine rings is 1. The molecule has 20 heavy (non-hydrogen) atoms. The molecule has 0 amide bonds. The van der Waals surface area contributed by atoms with E-state index in [9.17, 15) is 9.90 Å². The third-order valence-electron chi connectivity index (χ3n) is 4.49. The summed E-state index contributed by atoms with van der Waals surface area (Å²) in [4.78, 5) is 14.2. The van der Waals surface area contributed by atoms with Crippen molar-refractivity contribution in [2.75, 3.05) is 19.7 Å². The van der Waals surface area contributed by atoms with Gasteiger partial charge in [0.15, 0.2) is 0 Å². The third-order valence-corrected chi connectivity index (χ3v) is 4.49. The van der Waals surface area contributed by atoms with Crippen molar-refractivity contribution < 1.29 is 14.6 Å². The summed E-state index contributed by atoms with van der Waals surface area (Å²) in [7, 11) is 0. The van der Waals surface area contributed by atoms with Gasteiger partial charge in [-0.15, -0.1) is 0 Å². The first-order valence-electron chi connectivity index (χ1n) is 7.80. The monoisotopic (exact) mass is 284 g/mol. The number of rotatable bonds is 4. The minimum Gasteiger partial charge on any atom is -0.480 e. The summed E-state index contributed by atoms with van der Waals surface area (Å²) >= 11 is 0. The Bertz CT molecular complexity index is 348. The van der Waals surface area contributed by atoms with Gasteiger partial charge in [-0.25, -0.2) is 0 Å². The lowest BCUT2D eigenvalue weighted by Gasteiger charge is -2.45.